The van der Waals surface area contributed by atoms with E-state index in [1.165, 1.54) is 6.92 Å². The van der Waals surface area contributed by atoms with Crippen molar-refractivity contribution in [1.82, 2.24) is 0 Å². The predicted molar refractivity (Wildman–Crippen MR) is 66.4 cm³/mol. The summed E-state index contributed by atoms with van der Waals surface area (Å²) in [6, 6.07) is 7.32. The highest BCUT2D eigenvalue weighted by Gasteiger charge is 1.96. The summed E-state index contributed by atoms with van der Waals surface area (Å²) in [6.07, 6.45) is 0. The van der Waals surface area contributed by atoms with Crippen LogP contribution in [0.15, 0.2) is 24.3 Å². The van der Waals surface area contributed by atoms with E-state index in [1.54, 1.807) is 6.07 Å². The molecule has 1 aromatic rings. The Bertz CT molecular complexity index is 305. The minimum Gasteiger partial charge on any atom is -0.494 e. The van der Waals surface area contributed by atoms with Gasteiger partial charge in [0.15, 0.2) is 0 Å². The third-order valence-electron chi connectivity index (χ3n) is 1.47. The standard InChI is InChI=1S/C10H13NO2.2ClH/c1-3-13-10-6-4-5-9(7-10)11-8(2)12;;/h4-7H,3H2,1-2H3,(H,11,12);2*1H. The van der Waals surface area contributed by atoms with Crippen LogP contribution in [0, 0.1) is 0 Å². The quantitative estimate of drug-likeness (QED) is 0.898. The van der Waals surface area contributed by atoms with E-state index in [2.05, 4.69) is 5.32 Å². The molecule has 3 nitrogen and oxygen atoms in total. The van der Waals surface area contributed by atoms with Gasteiger partial charge in [-0.15, -0.1) is 24.8 Å². The number of nitrogens with one attached hydrogen (secondary N) is 1. The van der Waals surface area contributed by atoms with E-state index in [9.17, 15) is 4.79 Å². The number of rotatable bonds is 3. The zero-order valence-electron chi connectivity index (χ0n) is 8.65. The van der Waals surface area contributed by atoms with Crippen LogP contribution in [-0.4, -0.2) is 12.5 Å². The Hall–Kier alpha value is -0.930. The van der Waals surface area contributed by atoms with E-state index in [0.717, 1.165) is 11.4 Å². The summed E-state index contributed by atoms with van der Waals surface area (Å²) in [5, 5.41) is 2.68. The first-order valence-electron chi connectivity index (χ1n) is 4.23. The van der Waals surface area contributed by atoms with Gasteiger partial charge in [-0.05, 0) is 19.1 Å². The number of benzene rings is 1. The van der Waals surface area contributed by atoms with Crippen molar-refractivity contribution in [2.24, 2.45) is 0 Å². The fourth-order valence-corrected chi connectivity index (χ4v) is 1.03. The minimum atomic E-state index is -0.0753. The highest BCUT2D eigenvalue weighted by molar-refractivity contribution is 5.88. The number of carbonyl (C=O) groups is 1. The third kappa shape index (κ3) is 6.20. The van der Waals surface area contributed by atoms with Crippen LogP contribution in [0.4, 0.5) is 5.69 Å². The number of amides is 1. The van der Waals surface area contributed by atoms with E-state index in [0.29, 0.717) is 6.61 Å². The topological polar surface area (TPSA) is 38.3 Å². The van der Waals surface area contributed by atoms with Crippen molar-refractivity contribution in [2.45, 2.75) is 13.8 Å². The molecule has 0 aromatic heterocycles. The fourth-order valence-electron chi connectivity index (χ4n) is 1.03. The van der Waals surface area contributed by atoms with Gasteiger partial charge < -0.3 is 10.1 Å². The van der Waals surface area contributed by atoms with Crippen molar-refractivity contribution in [3.05, 3.63) is 24.3 Å². The smallest absolute Gasteiger partial charge is 0.221 e. The molecule has 0 spiro atoms. The molecule has 1 rings (SSSR count). The van der Waals surface area contributed by atoms with Gasteiger partial charge in [-0.2, -0.15) is 0 Å². The van der Waals surface area contributed by atoms with Crippen LogP contribution in [0.3, 0.4) is 0 Å². The first-order valence-corrected chi connectivity index (χ1v) is 4.23. The molecule has 0 radical (unpaired) electrons. The van der Waals surface area contributed by atoms with Gasteiger partial charge in [0.2, 0.25) is 5.91 Å². The first kappa shape index (κ1) is 16.5. The van der Waals surface area contributed by atoms with E-state index < -0.39 is 0 Å². The predicted octanol–water partition coefficient (Wildman–Crippen LogP) is 2.89. The summed E-state index contributed by atoms with van der Waals surface area (Å²) >= 11 is 0. The average Bonchev–Trinajstić information content (AvgIpc) is 2.04. The molecule has 0 unspecified atom stereocenters. The SMILES string of the molecule is CCOc1cccc(NC(C)=O)c1.Cl.Cl. The van der Waals surface area contributed by atoms with Gasteiger partial charge >= 0.3 is 0 Å². The number of hydrogen-bond acceptors (Lipinski definition) is 2. The molecule has 0 saturated heterocycles. The van der Waals surface area contributed by atoms with Gasteiger partial charge in [-0.3, -0.25) is 4.79 Å². The third-order valence-corrected chi connectivity index (χ3v) is 1.47. The summed E-state index contributed by atoms with van der Waals surface area (Å²) in [5.74, 6) is 0.697. The molecule has 0 aliphatic heterocycles. The van der Waals surface area contributed by atoms with E-state index in [-0.39, 0.29) is 30.7 Å². The molecule has 1 aromatic carbocycles. The first-order chi connectivity index (χ1) is 6.22. The number of anilines is 1. The van der Waals surface area contributed by atoms with Gasteiger partial charge in [0.05, 0.1) is 6.61 Å². The molecule has 0 heterocycles. The van der Waals surface area contributed by atoms with Crippen LogP contribution in [0.25, 0.3) is 0 Å². The Morgan fingerprint density at radius 1 is 1.40 bits per heavy atom. The Morgan fingerprint density at radius 3 is 2.60 bits per heavy atom. The molecule has 0 aliphatic carbocycles. The van der Waals surface area contributed by atoms with Crippen LogP contribution in [0.5, 0.6) is 5.75 Å². The molecule has 15 heavy (non-hydrogen) atoms. The van der Waals surface area contributed by atoms with E-state index >= 15 is 0 Å². The summed E-state index contributed by atoms with van der Waals surface area (Å²) < 4.78 is 5.28. The Labute approximate surface area is 102 Å². The molecule has 5 heteroatoms. The number of halogens is 2. The number of ether oxygens (including phenoxy) is 1. The van der Waals surface area contributed by atoms with Crippen molar-refractivity contribution in [2.75, 3.05) is 11.9 Å². The minimum absolute atomic E-state index is 0. The summed E-state index contributed by atoms with van der Waals surface area (Å²) in [6.45, 7) is 4.03. The molecule has 0 aliphatic rings. The van der Waals surface area contributed by atoms with Crippen molar-refractivity contribution >= 4 is 36.4 Å². The maximum atomic E-state index is 10.7. The van der Waals surface area contributed by atoms with Gasteiger partial charge in [0.1, 0.15) is 5.75 Å². The molecule has 0 saturated carbocycles. The lowest BCUT2D eigenvalue weighted by Crippen LogP contribution is -2.05. The molecular formula is C10H15Cl2NO2. The zero-order chi connectivity index (χ0) is 9.68. The van der Waals surface area contributed by atoms with Crippen LogP contribution < -0.4 is 10.1 Å². The highest BCUT2D eigenvalue weighted by Crippen LogP contribution is 2.16. The average molecular weight is 252 g/mol. The lowest BCUT2D eigenvalue weighted by Gasteiger charge is -2.05. The maximum Gasteiger partial charge on any atom is 0.221 e. The normalized spacial score (nSPS) is 8.13. The molecule has 1 N–H and O–H groups in total. The van der Waals surface area contributed by atoms with Crippen molar-refractivity contribution in [3.8, 4) is 5.75 Å². The number of carbonyl (C=O) groups excluding carboxylic acids is 1. The Balaban J connectivity index is 0. The lowest BCUT2D eigenvalue weighted by atomic mass is 10.3. The zero-order valence-corrected chi connectivity index (χ0v) is 10.3. The van der Waals surface area contributed by atoms with Crippen LogP contribution in [0.1, 0.15) is 13.8 Å². The molecule has 86 valence electrons. The highest BCUT2D eigenvalue weighted by atomic mass is 35.5. The van der Waals surface area contributed by atoms with Crippen molar-refractivity contribution < 1.29 is 9.53 Å². The fraction of sp³-hybridized carbons (Fsp3) is 0.300. The summed E-state index contributed by atoms with van der Waals surface area (Å²) in [5.41, 5.74) is 0.762. The van der Waals surface area contributed by atoms with E-state index in [1.807, 2.05) is 25.1 Å². The van der Waals surface area contributed by atoms with Gasteiger partial charge in [0, 0.05) is 18.7 Å². The molecular weight excluding hydrogens is 237 g/mol. The van der Waals surface area contributed by atoms with Crippen molar-refractivity contribution in [1.29, 1.82) is 0 Å². The summed E-state index contributed by atoms with van der Waals surface area (Å²) in [4.78, 5) is 10.7. The molecule has 0 atom stereocenters. The Morgan fingerprint density at radius 2 is 2.07 bits per heavy atom. The maximum absolute atomic E-state index is 10.7. The largest absolute Gasteiger partial charge is 0.494 e. The van der Waals surface area contributed by atoms with E-state index in [4.69, 9.17) is 4.74 Å². The van der Waals surface area contributed by atoms with Gasteiger partial charge in [0.25, 0.3) is 0 Å². The lowest BCUT2D eigenvalue weighted by molar-refractivity contribution is -0.114. The molecule has 0 fully saturated rings. The van der Waals surface area contributed by atoms with Gasteiger partial charge in [-0.25, -0.2) is 0 Å². The summed E-state index contributed by atoms with van der Waals surface area (Å²) in [7, 11) is 0. The molecule has 0 bridgehead atoms. The second-order valence-electron chi connectivity index (χ2n) is 2.64. The molecule has 1 amide bonds. The van der Waals surface area contributed by atoms with Crippen LogP contribution in [-0.2, 0) is 4.79 Å². The Kier molecular flexibility index (Phi) is 9.22. The monoisotopic (exact) mass is 251 g/mol. The number of hydrogen-bond donors (Lipinski definition) is 1. The van der Waals surface area contributed by atoms with Crippen LogP contribution >= 0.6 is 24.8 Å². The second kappa shape index (κ2) is 8.38. The van der Waals surface area contributed by atoms with Crippen molar-refractivity contribution in [3.63, 3.8) is 0 Å². The van der Waals surface area contributed by atoms with Crippen LogP contribution in [0.2, 0.25) is 0 Å². The second-order valence-corrected chi connectivity index (χ2v) is 2.64. The van der Waals surface area contributed by atoms with Gasteiger partial charge in [-0.1, -0.05) is 6.07 Å².